The third kappa shape index (κ3) is 2.62. The number of pyridine rings is 1. The molecule has 1 fully saturated rings. The minimum atomic E-state index is -1.09. The van der Waals surface area contributed by atoms with Crippen molar-refractivity contribution in [3.05, 3.63) is 94.8 Å². The Morgan fingerprint density at radius 3 is 2.57 bits per heavy atom. The normalized spacial score (nSPS) is 25.3. The largest absolute Gasteiger partial charge is 0.324 e. The van der Waals surface area contributed by atoms with Crippen molar-refractivity contribution in [2.24, 2.45) is 5.92 Å². The van der Waals surface area contributed by atoms with E-state index in [1.165, 1.54) is 0 Å². The van der Waals surface area contributed by atoms with Crippen molar-refractivity contribution < 1.29 is 9.59 Å². The molecule has 2 aromatic carbocycles. The number of hydrogen-bond donors (Lipinski definition) is 1. The number of Topliss-reactive ketones (excluding diaryl/α,β-unsaturated/α-hetero) is 1. The SMILES string of the molecule is CN1C[C@H](c2ccc(Cl)cc2)[C@H](C(=O)c2ccccn2)[C@]12C(=O)Nc1ccccc12. The van der Waals surface area contributed by atoms with Crippen LogP contribution >= 0.6 is 11.6 Å². The van der Waals surface area contributed by atoms with Crippen LogP contribution in [0.5, 0.6) is 0 Å². The van der Waals surface area contributed by atoms with Crippen LogP contribution in [-0.4, -0.2) is 35.2 Å². The number of para-hydroxylation sites is 1. The number of amides is 1. The van der Waals surface area contributed by atoms with Crippen LogP contribution in [0.25, 0.3) is 0 Å². The lowest BCUT2D eigenvalue weighted by molar-refractivity contribution is -0.126. The zero-order valence-electron chi connectivity index (χ0n) is 16.4. The number of carbonyl (C=O) groups is 2. The highest BCUT2D eigenvalue weighted by Gasteiger charge is 2.64. The minimum Gasteiger partial charge on any atom is -0.324 e. The van der Waals surface area contributed by atoms with Crippen molar-refractivity contribution in [2.75, 3.05) is 18.9 Å². The lowest BCUT2D eigenvalue weighted by atomic mass is 9.71. The second-order valence-electron chi connectivity index (χ2n) is 7.86. The minimum absolute atomic E-state index is 0.133. The maximum absolute atomic E-state index is 13.9. The van der Waals surface area contributed by atoms with Gasteiger partial charge in [-0.15, -0.1) is 0 Å². The lowest BCUT2D eigenvalue weighted by Gasteiger charge is -2.35. The van der Waals surface area contributed by atoms with Crippen LogP contribution in [0.1, 0.15) is 27.5 Å². The van der Waals surface area contributed by atoms with E-state index in [-0.39, 0.29) is 17.6 Å². The molecule has 1 aromatic heterocycles. The van der Waals surface area contributed by atoms with Gasteiger partial charge in [-0.2, -0.15) is 0 Å². The summed E-state index contributed by atoms with van der Waals surface area (Å²) in [7, 11) is 1.91. The third-order valence-electron chi connectivity index (χ3n) is 6.36. The van der Waals surface area contributed by atoms with Crippen LogP contribution < -0.4 is 5.32 Å². The van der Waals surface area contributed by atoms with Gasteiger partial charge in [-0.05, 0) is 42.9 Å². The molecular formula is C24H20ClN3O2. The average molecular weight is 418 g/mol. The van der Waals surface area contributed by atoms with E-state index in [1.807, 2.05) is 60.5 Å². The van der Waals surface area contributed by atoms with Crippen molar-refractivity contribution >= 4 is 29.0 Å². The van der Waals surface area contributed by atoms with Gasteiger partial charge in [0.2, 0.25) is 5.91 Å². The Kier molecular flexibility index (Phi) is 4.45. The van der Waals surface area contributed by atoms with Gasteiger partial charge in [-0.3, -0.25) is 19.5 Å². The summed E-state index contributed by atoms with van der Waals surface area (Å²) >= 11 is 6.10. The monoisotopic (exact) mass is 417 g/mol. The zero-order chi connectivity index (χ0) is 20.9. The Balaban J connectivity index is 1.73. The number of anilines is 1. The van der Waals surface area contributed by atoms with Crippen molar-refractivity contribution in [1.82, 2.24) is 9.88 Å². The van der Waals surface area contributed by atoms with E-state index in [0.29, 0.717) is 17.3 Å². The Hall–Kier alpha value is -3.02. The summed E-state index contributed by atoms with van der Waals surface area (Å²) in [5.41, 5.74) is 1.85. The molecule has 1 spiro atoms. The summed E-state index contributed by atoms with van der Waals surface area (Å²) in [5.74, 6) is -1.11. The number of hydrogen-bond acceptors (Lipinski definition) is 4. The van der Waals surface area contributed by atoms with Gasteiger partial charge in [0.05, 0.1) is 5.92 Å². The molecule has 0 bridgehead atoms. The van der Waals surface area contributed by atoms with Crippen molar-refractivity contribution in [2.45, 2.75) is 11.5 Å². The summed E-state index contributed by atoms with van der Waals surface area (Å²) in [6.45, 7) is 0.562. The van der Waals surface area contributed by atoms with Crippen LogP contribution in [0.2, 0.25) is 5.02 Å². The molecule has 1 saturated heterocycles. The van der Waals surface area contributed by atoms with Crippen LogP contribution in [0, 0.1) is 5.92 Å². The van der Waals surface area contributed by atoms with Crippen LogP contribution in [0.4, 0.5) is 5.69 Å². The van der Waals surface area contributed by atoms with E-state index < -0.39 is 11.5 Å². The van der Waals surface area contributed by atoms with Gasteiger partial charge in [0.15, 0.2) is 5.78 Å². The molecule has 1 N–H and O–H groups in total. The molecule has 3 heterocycles. The fourth-order valence-corrected chi connectivity index (χ4v) is 5.20. The predicted molar refractivity (Wildman–Crippen MR) is 116 cm³/mol. The number of halogens is 1. The van der Waals surface area contributed by atoms with Gasteiger partial charge in [0.1, 0.15) is 11.2 Å². The first-order chi connectivity index (χ1) is 14.5. The number of likely N-dealkylation sites (N-methyl/N-ethyl adjacent to an activating group) is 1. The highest BCUT2D eigenvalue weighted by atomic mass is 35.5. The fourth-order valence-electron chi connectivity index (χ4n) is 5.07. The van der Waals surface area contributed by atoms with Gasteiger partial charge >= 0.3 is 0 Å². The molecule has 0 unspecified atom stereocenters. The molecule has 30 heavy (non-hydrogen) atoms. The number of likely N-dealkylation sites (tertiary alicyclic amines) is 1. The van der Waals surface area contributed by atoms with Crippen LogP contribution in [0.3, 0.4) is 0 Å². The highest BCUT2D eigenvalue weighted by Crippen LogP contribution is 2.55. The average Bonchev–Trinajstić information content (AvgIpc) is 3.24. The number of benzene rings is 2. The number of fused-ring (bicyclic) bond motifs is 2. The van der Waals surface area contributed by atoms with Crippen molar-refractivity contribution in [3.63, 3.8) is 0 Å². The Bertz CT molecular complexity index is 1130. The summed E-state index contributed by atoms with van der Waals surface area (Å²) in [6, 6.07) is 20.4. The van der Waals surface area contributed by atoms with Crippen molar-refractivity contribution in [1.29, 1.82) is 0 Å². The number of rotatable bonds is 3. The van der Waals surface area contributed by atoms with E-state index >= 15 is 0 Å². The third-order valence-corrected chi connectivity index (χ3v) is 6.61. The highest BCUT2D eigenvalue weighted by molar-refractivity contribution is 6.30. The fraction of sp³-hybridized carbons (Fsp3) is 0.208. The Morgan fingerprint density at radius 2 is 1.83 bits per heavy atom. The molecular weight excluding hydrogens is 398 g/mol. The Labute approximate surface area is 179 Å². The quantitative estimate of drug-likeness (QED) is 0.651. The van der Waals surface area contributed by atoms with E-state index in [1.54, 1.807) is 24.4 Å². The number of aromatic nitrogens is 1. The predicted octanol–water partition coefficient (Wildman–Crippen LogP) is 4.11. The summed E-state index contributed by atoms with van der Waals surface area (Å²) in [6.07, 6.45) is 1.61. The molecule has 6 heteroatoms. The standard InChI is InChI=1S/C24H20ClN3O2/c1-28-14-17(15-9-11-16(25)12-10-15)21(22(29)20-8-4-5-13-26-20)24(28)18-6-2-3-7-19(18)27-23(24)30/h2-13,17,21H,14H2,1H3,(H,27,30)/t17-,21-,24-/m1/s1. The van der Waals surface area contributed by atoms with E-state index in [0.717, 1.165) is 16.8 Å². The maximum Gasteiger partial charge on any atom is 0.250 e. The summed E-state index contributed by atoms with van der Waals surface area (Å²) in [4.78, 5) is 33.7. The van der Waals surface area contributed by atoms with Gasteiger partial charge in [-0.25, -0.2) is 0 Å². The van der Waals surface area contributed by atoms with Crippen molar-refractivity contribution in [3.8, 4) is 0 Å². The molecule has 0 radical (unpaired) electrons. The number of carbonyl (C=O) groups excluding carboxylic acids is 2. The molecule has 0 saturated carbocycles. The topological polar surface area (TPSA) is 62.3 Å². The second-order valence-corrected chi connectivity index (χ2v) is 8.30. The van der Waals surface area contributed by atoms with E-state index in [2.05, 4.69) is 10.3 Å². The smallest absolute Gasteiger partial charge is 0.250 e. The molecule has 5 rings (SSSR count). The summed E-state index contributed by atoms with van der Waals surface area (Å²) < 4.78 is 0. The summed E-state index contributed by atoms with van der Waals surface area (Å²) in [5, 5.41) is 3.64. The lowest BCUT2D eigenvalue weighted by Crippen LogP contribution is -2.51. The molecule has 2 aliphatic rings. The maximum atomic E-state index is 13.9. The second kappa shape index (κ2) is 7.04. The van der Waals surface area contributed by atoms with Crippen LogP contribution in [-0.2, 0) is 10.3 Å². The van der Waals surface area contributed by atoms with Crippen LogP contribution in [0.15, 0.2) is 72.9 Å². The zero-order valence-corrected chi connectivity index (χ0v) is 17.1. The number of nitrogens with zero attached hydrogens (tertiary/aromatic N) is 2. The number of ketones is 1. The first kappa shape index (κ1) is 19.0. The van der Waals surface area contributed by atoms with E-state index in [9.17, 15) is 9.59 Å². The molecule has 1 amide bonds. The molecule has 3 atom stereocenters. The first-order valence-electron chi connectivity index (χ1n) is 9.86. The first-order valence-corrected chi connectivity index (χ1v) is 10.2. The molecule has 150 valence electrons. The van der Waals surface area contributed by atoms with Gasteiger partial charge in [0.25, 0.3) is 0 Å². The van der Waals surface area contributed by atoms with Gasteiger partial charge in [0, 0.05) is 34.9 Å². The number of nitrogens with one attached hydrogen (secondary N) is 1. The van der Waals surface area contributed by atoms with Gasteiger partial charge < -0.3 is 5.32 Å². The molecule has 2 aliphatic heterocycles. The van der Waals surface area contributed by atoms with E-state index in [4.69, 9.17) is 11.6 Å². The van der Waals surface area contributed by atoms with Gasteiger partial charge in [-0.1, -0.05) is 48.0 Å². The molecule has 5 nitrogen and oxygen atoms in total. The molecule has 3 aromatic rings. The molecule has 0 aliphatic carbocycles. The Morgan fingerprint density at radius 1 is 1.10 bits per heavy atom.